The van der Waals surface area contributed by atoms with Crippen LogP contribution in [0.1, 0.15) is 52.0 Å². The number of hydrogen-bond donors (Lipinski definition) is 0. The fourth-order valence-electron chi connectivity index (χ4n) is 2.04. The van der Waals surface area contributed by atoms with Gasteiger partial charge in [0.1, 0.15) is 6.10 Å². The van der Waals surface area contributed by atoms with E-state index < -0.39 is 0 Å². The standard InChI is InChI=1S/C16H24O2/c1-5-16(17)18-15(11-12(2)3)13(4)14-9-7-6-8-10-14/h6-10,12-13,15H,5,11H2,1-4H3. The Morgan fingerprint density at radius 3 is 2.28 bits per heavy atom. The van der Waals surface area contributed by atoms with E-state index in [9.17, 15) is 4.79 Å². The molecule has 0 amide bonds. The van der Waals surface area contributed by atoms with Crippen LogP contribution in [0.3, 0.4) is 0 Å². The largest absolute Gasteiger partial charge is 0.462 e. The molecule has 0 radical (unpaired) electrons. The first-order valence-electron chi connectivity index (χ1n) is 6.79. The molecule has 0 N–H and O–H groups in total. The fourth-order valence-corrected chi connectivity index (χ4v) is 2.04. The number of esters is 1. The molecular formula is C16H24O2. The maximum Gasteiger partial charge on any atom is 0.305 e. The Labute approximate surface area is 110 Å². The molecule has 0 saturated carbocycles. The molecule has 0 heterocycles. The monoisotopic (exact) mass is 248 g/mol. The fraction of sp³-hybridized carbons (Fsp3) is 0.562. The van der Waals surface area contributed by atoms with Gasteiger partial charge in [0.05, 0.1) is 0 Å². The Hall–Kier alpha value is -1.31. The summed E-state index contributed by atoms with van der Waals surface area (Å²) < 4.78 is 5.59. The third-order valence-electron chi connectivity index (χ3n) is 3.16. The molecular weight excluding hydrogens is 224 g/mol. The first-order valence-corrected chi connectivity index (χ1v) is 6.79. The van der Waals surface area contributed by atoms with E-state index in [-0.39, 0.29) is 18.0 Å². The second-order valence-electron chi connectivity index (χ2n) is 5.21. The van der Waals surface area contributed by atoms with Crippen LogP contribution in [0.15, 0.2) is 30.3 Å². The van der Waals surface area contributed by atoms with E-state index in [1.165, 1.54) is 5.56 Å². The highest BCUT2D eigenvalue weighted by molar-refractivity contribution is 5.69. The normalized spacial score (nSPS) is 14.3. The van der Waals surface area contributed by atoms with Gasteiger partial charge in [-0.05, 0) is 17.9 Å². The SMILES string of the molecule is CCC(=O)OC(CC(C)C)C(C)c1ccccc1. The van der Waals surface area contributed by atoms with Crippen molar-refractivity contribution in [2.24, 2.45) is 5.92 Å². The van der Waals surface area contributed by atoms with Crippen molar-refractivity contribution in [1.82, 2.24) is 0 Å². The molecule has 0 spiro atoms. The van der Waals surface area contributed by atoms with Crippen LogP contribution in [0.5, 0.6) is 0 Å². The van der Waals surface area contributed by atoms with Crippen molar-refractivity contribution in [2.45, 2.75) is 52.6 Å². The maximum atomic E-state index is 11.5. The molecule has 0 bridgehead atoms. The van der Waals surface area contributed by atoms with Crippen LogP contribution in [-0.2, 0) is 9.53 Å². The summed E-state index contributed by atoms with van der Waals surface area (Å²) in [6.07, 6.45) is 1.32. The van der Waals surface area contributed by atoms with Gasteiger partial charge in [0.25, 0.3) is 0 Å². The molecule has 0 fully saturated rings. The molecule has 0 saturated heterocycles. The number of benzene rings is 1. The molecule has 2 unspecified atom stereocenters. The minimum Gasteiger partial charge on any atom is -0.462 e. The number of ether oxygens (including phenoxy) is 1. The molecule has 100 valence electrons. The van der Waals surface area contributed by atoms with Crippen molar-refractivity contribution in [1.29, 1.82) is 0 Å². The molecule has 18 heavy (non-hydrogen) atoms. The van der Waals surface area contributed by atoms with E-state index in [0.29, 0.717) is 12.3 Å². The van der Waals surface area contributed by atoms with Crippen LogP contribution >= 0.6 is 0 Å². The van der Waals surface area contributed by atoms with Gasteiger partial charge in [-0.25, -0.2) is 0 Å². The lowest BCUT2D eigenvalue weighted by Gasteiger charge is -2.26. The molecule has 1 rings (SSSR count). The lowest BCUT2D eigenvalue weighted by molar-refractivity contribution is -0.150. The molecule has 2 heteroatoms. The zero-order valence-corrected chi connectivity index (χ0v) is 11.8. The summed E-state index contributed by atoms with van der Waals surface area (Å²) in [5.74, 6) is 0.651. The Bertz CT molecular complexity index is 357. The third-order valence-corrected chi connectivity index (χ3v) is 3.16. The predicted molar refractivity (Wildman–Crippen MR) is 74.5 cm³/mol. The topological polar surface area (TPSA) is 26.3 Å². The van der Waals surface area contributed by atoms with Crippen LogP contribution in [0, 0.1) is 5.92 Å². The molecule has 1 aromatic rings. The highest BCUT2D eigenvalue weighted by Gasteiger charge is 2.23. The molecule has 2 atom stereocenters. The number of rotatable bonds is 6. The number of hydrogen-bond acceptors (Lipinski definition) is 2. The van der Waals surface area contributed by atoms with Crippen molar-refractivity contribution >= 4 is 5.97 Å². The first-order chi connectivity index (χ1) is 8.54. The van der Waals surface area contributed by atoms with E-state index in [1.807, 2.05) is 25.1 Å². The Morgan fingerprint density at radius 2 is 1.78 bits per heavy atom. The molecule has 2 nitrogen and oxygen atoms in total. The third kappa shape index (κ3) is 4.52. The lowest BCUT2D eigenvalue weighted by atomic mass is 9.90. The molecule has 0 aliphatic heterocycles. The lowest BCUT2D eigenvalue weighted by Crippen LogP contribution is -2.25. The maximum absolute atomic E-state index is 11.5. The summed E-state index contributed by atoms with van der Waals surface area (Å²) >= 11 is 0. The second kappa shape index (κ2) is 7.20. The highest BCUT2D eigenvalue weighted by Crippen LogP contribution is 2.26. The van der Waals surface area contributed by atoms with Crippen molar-refractivity contribution in [2.75, 3.05) is 0 Å². The minimum atomic E-state index is -0.108. The number of carbonyl (C=O) groups excluding carboxylic acids is 1. The van der Waals surface area contributed by atoms with Crippen molar-refractivity contribution in [3.05, 3.63) is 35.9 Å². The summed E-state index contributed by atoms with van der Waals surface area (Å²) in [7, 11) is 0. The zero-order valence-electron chi connectivity index (χ0n) is 11.8. The van der Waals surface area contributed by atoms with Gasteiger partial charge in [0.2, 0.25) is 0 Å². The van der Waals surface area contributed by atoms with E-state index in [2.05, 4.69) is 32.9 Å². The van der Waals surface area contributed by atoms with E-state index >= 15 is 0 Å². The highest BCUT2D eigenvalue weighted by atomic mass is 16.5. The van der Waals surface area contributed by atoms with E-state index in [0.717, 1.165) is 6.42 Å². The van der Waals surface area contributed by atoms with Crippen LogP contribution in [0.2, 0.25) is 0 Å². The molecule has 0 aliphatic rings. The Kier molecular flexibility index (Phi) is 5.90. The van der Waals surface area contributed by atoms with Gasteiger partial charge in [-0.15, -0.1) is 0 Å². The van der Waals surface area contributed by atoms with Crippen molar-refractivity contribution < 1.29 is 9.53 Å². The van der Waals surface area contributed by atoms with E-state index in [1.54, 1.807) is 0 Å². The Balaban J connectivity index is 2.78. The van der Waals surface area contributed by atoms with Gasteiger partial charge < -0.3 is 4.74 Å². The van der Waals surface area contributed by atoms with Crippen LogP contribution in [0.4, 0.5) is 0 Å². The van der Waals surface area contributed by atoms with Crippen molar-refractivity contribution in [3.8, 4) is 0 Å². The van der Waals surface area contributed by atoms with Gasteiger partial charge >= 0.3 is 5.97 Å². The predicted octanol–water partition coefficient (Wildman–Crippen LogP) is 4.16. The summed E-state index contributed by atoms with van der Waals surface area (Å²) in [4.78, 5) is 11.5. The molecule has 0 aromatic heterocycles. The summed E-state index contributed by atoms with van der Waals surface area (Å²) in [5.41, 5.74) is 1.23. The first kappa shape index (κ1) is 14.7. The van der Waals surface area contributed by atoms with Gasteiger partial charge in [-0.1, -0.05) is 58.0 Å². The minimum absolute atomic E-state index is 0.0279. The second-order valence-corrected chi connectivity index (χ2v) is 5.21. The smallest absolute Gasteiger partial charge is 0.305 e. The molecule has 0 aliphatic carbocycles. The van der Waals surface area contributed by atoms with Gasteiger partial charge in [0.15, 0.2) is 0 Å². The van der Waals surface area contributed by atoms with Crippen LogP contribution in [0.25, 0.3) is 0 Å². The van der Waals surface area contributed by atoms with Crippen LogP contribution < -0.4 is 0 Å². The summed E-state index contributed by atoms with van der Waals surface area (Å²) in [5, 5.41) is 0. The van der Waals surface area contributed by atoms with Crippen LogP contribution in [-0.4, -0.2) is 12.1 Å². The zero-order chi connectivity index (χ0) is 13.5. The number of carbonyl (C=O) groups is 1. The average molecular weight is 248 g/mol. The van der Waals surface area contributed by atoms with Crippen molar-refractivity contribution in [3.63, 3.8) is 0 Å². The molecule has 1 aromatic carbocycles. The Morgan fingerprint density at radius 1 is 1.17 bits per heavy atom. The average Bonchev–Trinajstić information content (AvgIpc) is 2.37. The van der Waals surface area contributed by atoms with Gasteiger partial charge in [-0.3, -0.25) is 4.79 Å². The quantitative estimate of drug-likeness (QED) is 0.707. The summed E-state index contributed by atoms with van der Waals surface area (Å²) in [6, 6.07) is 10.3. The summed E-state index contributed by atoms with van der Waals surface area (Å²) in [6.45, 7) is 8.28. The van der Waals surface area contributed by atoms with E-state index in [4.69, 9.17) is 4.74 Å². The van der Waals surface area contributed by atoms with Gasteiger partial charge in [-0.2, -0.15) is 0 Å². The van der Waals surface area contributed by atoms with Gasteiger partial charge in [0, 0.05) is 12.3 Å².